The van der Waals surface area contributed by atoms with Gasteiger partial charge in [-0.25, -0.2) is 0 Å². The normalized spacial score (nSPS) is 10.9. The number of rotatable bonds is 8. The first-order valence-electron chi connectivity index (χ1n) is 8.88. The molecular formula is C23H21NO4. The number of methoxy groups -OCH3 is 1. The van der Waals surface area contributed by atoms with Crippen molar-refractivity contribution >= 4 is 17.8 Å². The molecule has 0 bridgehead atoms. The third kappa shape index (κ3) is 4.76. The number of carboxylic acids is 1. The summed E-state index contributed by atoms with van der Waals surface area (Å²) in [6.45, 7) is 0.557. The number of carboxylic acid groups (broad SMARTS) is 1. The number of benzene rings is 2. The van der Waals surface area contributed by atoms with Gasteiger partial charge >= 0.3 is 5.97 Å². The number of hydrogen-bond donors (Lipinski definition) is 1. The van der Waals surface area contributed by atoms with Crippen molar-refractivity contribution in [3.63, 3.8) is 0 Å². The van der Waals surface area contributed by atoms with Crippen LogP contribution < -0.4 is 4.74 Å². The Labute approximate surface area is 163 Å². The topological polar surface area (TPSA) is 68.5 Å². The minimum atomic E-state index is -0.843. The highest BCUT2D eigenvalue weighted by molar-refractivity contribution is 6.08. The fourth-order valence-electron chi connectivity index (χ4n) is 2.89. The van der Waals surface area contributed by atoms with Gasteiger partial charge in [0.2, 0.25) is 5.78 Å². The van der Waals surface area contributed by atoms with Crippen molar-refractivity contribution in [1.29, 1.82) is 0 Å². The van der Waals surface area contributed by atoms with Gasteiger partial charge in [-0.05, 0) is 47.5 Å². The standard InChI is InChI=1S/C23H21NO4/c1-28-20-12-10-19(11-13-20)23(27)21-5-3-15-24(21)14-2-4-17-6-8-18(9-7-17)16-22(25)26/h2-13,15H,14,16H2,1H3,(H,25,26). The molecule has 0 unspecified atom stereocenters. The third-order valence-electron chi connectivity index (χ3n) is 4.36. The highest BCUT2D eigenvalue weighted by Crippen LogP contribution is 2.16. The molecule has 5 heteroatoms. The summed E-state index contributed by atoms with van der Waals surface area (Å²) in [7, 11) is 1.59. The molecule has 0 fully saturated rings. The minimum absolute atomic E-state index is 0.0180. The zero-order chi connectivity index (χ0) is 19.9. The van der Waals surface area contributed by atoms with Crippen molar-refractivity contribution in [2.24, 2.45) is 0 Å². The molecule has 3 aromatic rings. The van der Waals surface area contributed by atoms with Crippen molar-refractivity contribution in [3.8, 4) is 5.75 Å². The van der Waals surface area contributed by atoms with E-state index in [2.05, 4.69) is 0 Å². The summed E-state index contributed by atoms with van der Waals surface area (Å²) in [5.41, 5.74) is 2.97. The number of carbonyl (C=O) groups is 2. The lowest BCUT2D eigenvalue weighted by Gasteiger charge is -2.07. The molecule has 0 spiro atoms. The van der Waals surface area contributed by atoms with E-state index >= 15 is 0 Å². The van der Waals surface area contributed by atoms with E-state index < -0.39 is 5.97 Å². The second kappa shape index (κ2) is 8.86. The maximum atomic E-state index is 12.8. The quantitative estimate of drug-likeness (QED) is 0.603. The minimum Gasteiger partial charge on any atom is -0.497 e. The van der Waals surface area contributed by atoms with Gasteiger partial charge in [0, 0.05) is 18.3 Å². The van der Waals surface area contributed by atoms with Crippen LogP contribution in [0.4, 0.5) is 0 Å². The van der Waals surface area contributed by atoms with Crippen LogP contribution in [0.3, 0.4) is 0 Å². The number of aromatic nitrogens is 1. The zero-order valence-corrected chi connectivity index (χ0v) is 15.5. The Hall–Kier alpha value is -3.60. The summed E-state index contributed by atoms with van der Waals surface area (Å²) in [6.07, 6.45) is 5.81. The molecule has 28 heavy (non-hydrogen) atoms. The molecule has 142 valence electrons. The fourth-order valence-corrected chi connectivity index (χ4v) is 2.89. The first-order valence-corrected chi connectivity index (χ1v) is 8.88. The van der Waals surface area contributed by atoms with Gasteiger partial charge in [0.1, 0.15) is 5.75 Å². The van der Waals surface area contributed by atoms with Gasteiger partial charge in [-0.2, -0.15) is 0 Å². The predicted octanol–water partition coefficient (Wildman–Crippen LogP) is 4.07. The number of carbonyl (C=O) groups excluding carboxylic acids is 1. The number of aliphatic carboxylic acids is 1. The van der Waals surface area contributed by atoms with Crippen LogP contribution in [0.5, 0.6) is 5.75 Å². The number of ether oxygens (including phenoxy) is 1. The molecule has 0 saturated carbocycles. The Morgan fingerprint density at radius 1 is 1.04 bits per heavy atom. The smallest absolute Gasteiger partial charge is 0.307 e. The number of nitrogens with zero attached hydrogens (tertiary/aromatic N) is 1. The van der Waals surface area contributed by atoms with E-state index in [1.807, 2.05) is 53.2 Å². The van der Waals surface area contributed by atoms with E-state index in [4.69, 9.17) is 9.84 Å². The second-order valence-corrected chi connectivity index (χ2v) is 6.32. The van der Waals surface area contributed by atoms with Gasteiger partial charge in [-0.1, -0.05) is 36.4 Å². The number of allylic oxidation sites excluding steroid dienone is 1. The molecule has 3 rings (SSSR count). The van der Waals surface area contributed by atoms with Gasteiger partial charge in [0.25, 0.3) is 0 Å². The van der Waals surface area contributed by atoms with Gasteiger partial charge in [0.15, 0.2) is 0 Å². The summed E-state index contributed by atoms with van der Waals surface area (Å²) in [5.74, 6) is -0.173. The molecule has 1 aromatic heterocycles. The van der Waals surface area contributed by atoms with Crippen LogP contribution in [0.15, 0.2) is 72.9 Å². The Morgan fingerprint density at radius 2 is 1.75 bits per heavy atom. The Morgan fingerprint density at radius 3 is 2.39 bits per heavy atom. The van der Waals surface area contributed by atoms with Gasteiger partial charge in [-0.15, -0.1) is 0 Å². The van der Waals surface area contributed by atoms with Crippen LogP contribution in [-0.4, -0.2) is 28.5 Å². The molecule has 0 aliphatic rings. The average Bonchev–Trinajstić information content (AvgIpc) is 3.17. The molecule has 5 nitrogen and oxygen atoms in total. The van der Waals surface area contributed by atoms with E-state index in [0.29, 0.717) is 23.6 Å². The lowest BCUT2D eigenvalue weighted by molar-refractivity contribution is -0.136. The molecule has 1 heterocycles. The second-order valence-electron chi connectivity index (χ2n) is 6.32. The molecule has 0 aliphatic carbocycles. The van der Waals surface area contributed by atoms with E-state index in [1.165, 1.54) is 0 Å². The third-order valence-corrected chi connectivity index (χ3v) is 4.36. The Balaban J connectivity index is 1.67. The molecule has 0 radical (unpaired) electrons. The molecule has 0 saturated heterocycles. The van der Waals surface area contributed by atoms with Crippen LogP contribution >= 0.6 is 0 Å². The van der Waals surface area contributed by atoms with Crippen molar-refractivity contribution in [2.75, 3.05) is 7.11 Å². The van der Waals surface area contributed by atoms with Gasteiger partial charge in [-0.3, -0.25) is 9.59 Å². The monoisotopic (exact) mass is 375 g/mol. The Kier molecular flexibility index (Phi) is 6.07. The van der Waals surface area contributed by atoms with Gasteiger partial charge in [0.05, 0.1) is 19.2 Å². The summed E-state index contributed by atoms with van der Waals surface area (Å²) < 4.78 is 7.02. The van der Waals surface area contributed by atoms with E-state index in [1.54, 1.807) is 37.4 Å². The van der Waals surface area contributed by atoms with Crippen LogP contribution in [0.1, 0.15) is 27.2 Å². The van der Waals surface area contributed by atoms with Crippen LogP contribution in [0, 0.1) is 0 Å². The summed E-state index contributed by atoms with van der Waals surface area (Å²) in [4.78, 5) is 23.5. The van der Waals surface area contributed by atoms with E-state index in [0.717, 1.165) is 11.1 Å². The van der Waals surface area contributed by atoms with Crippen LogP contribution in [0.25, 0.3) is 6.08 Å². The van der Waals surface area contributed by atoms with E-state index in [-0.39, 0.29) is 12.2 Å². The zero-order valence-electron chi connectivity index (χ0n) is 15.5. The highest BCUT2D eigenvalue weighted by atomic mass is 16.5. The van der Waals surface area contributed by atoms with Crippen molar-refractivity contribution < 1.29 is 19.4 Å². The van der Waals surface area contributed by atoms with Crippen molar-refractivity contribution in [2.45, 2.75) is 13.0 Å². The van der Waals surface area contributed by atoms with Crippen molar-refractivity contribution in [3.05, 3.63) is 95.3 Å². The molecule has 1 N–H and O–H groups in total. The molecule has 0 atom stereocenters. The number of hydrogen-bond acceptors (Lipinski definition) is 3. The molecule has 0 amide bonds. The predicted molar refractivity (Wildman–Crippen MR) is 108 cm³/mol. The highest BCUT2D eigenvalue weighted by Gasteiger charge is 2.12. The largest absolute Gasteiger partial charge is 0.497 e. The molecular weight excluding hydrogens is 354 g/mol. The fraction of sp³-hybridized carbons (Fsp3) is 0.130. The number of ketones is 1. The summed E-state index contributed by atoms with van der Waals surface area (Å²) in [6, 6.07) is 18.1. The van der Waals surface area contributed by atoms with E-state index in [9.17, 15) is 9.59 Å². The first-order chi connectivity index (χ1) is 13.6. The Bertz CT molecular complexity index is 982. The first kappa shape index (κ1) is 19.2. The summed E-state index contributed by atoms with van der Waals surface area (Å²) >= 11 is 0. The lowest BCUT2D eigenvalue weighted by atomic mass is 10.1. The summed E-state index contributed by atoms with van der Waals surface area (Å²) in [5, 5.41) is 8.81. The van der Waals surface area contributed by atoms with Crippen LogP contribution in [-0.2, 0) is 17.8 Å². The van der Waals surface area contributed by atoms with Crippen molar-refractivity contribution in [1.82, 2.24) is 4.57 Å². The molecule has 2 aromatic carbocycles. The SMILES string of the molecule is COc1ccc(C(=O)c2cccn2CC=Cc2ccc(CC(=O)O)cc2)cc1. The maximum Gasteiger partial charge on any atom is 0.307 e. The average molecular weight is 375 g/mol. The lowest BCUT2D eigenvalue weighted by Crippen LogP contribution is -2.09. The maximum absolute atomic E-state index is 12.8. The van der Waals surface area contributed by atoms with Gasteiger partial charge < -0.3 is 14.4 Å². The molecule has 0 aliphatic heterocycles. The van der Waals surface area contributed by atoms with Crippen LogP contribution in [0.2, 0.25) is 0 Å².